The number of carbonyl (C=O) groups is 2. The molecule has 28 heavy (non-hydrogen) atoms. The average molecular weight is 395 g/mol. The summed E-state index contributed by atoms with van der Waals surface area (Å²) in [4.78, 5) is 26.0. The number of carbonyl (C=O) groups excluding carboxylic acids is 2. The van der Waals surface area contributed by atoms with Crippen LogP contribution in [0, 0.1) is 6.92 Å². The predicted molar refractivity (Wildman–Crippen MR) is 111 cm³/mol. The van der Waals surface area contributed by atoms with Crippen LogP contribution in [0.25, 0.3) is 11.1 Å². The first kappa shape index (κ1) is 19.6. The smallest absolute Gasteiger partial charge is 0.341 e. The Balaban J connectivity index is 1.85. The van der Waals surface area contributed by atoms with Crippen molar-refractivity contribution in [2.45, 2.75) is 13.8 Å². The van der Waals surface area contributed by atoms with Crippen molar-refractivity contribution in [3.8, 4) is 16.9 Å². The van der Waals surface area contributed by atoms with Crippen LogP contribution in [0.3, 0.4) is 0 Å². The fourth-order valence-electron chi connectivity index (χ4n) is 2.81. The van der Waals surface area contributed by atoms with Crippen LogP contribution in [0.1, 0.15) is 22.2 Å². The number of ether oxygens (including phenoxy) is 2. The molecule has 0 aliphatic rings. The van der Waals surface area contributed by atoms with Crippen LogP contribution in [-0.2, 0) is 9.53 Å². The van der Waals surface area contributed by atoms with Gasteiger partial charge in [0.25, 0.3) is 5.91 Å². The van der Waals surface area contributed by atoms with Crippen molar-refractivity contribution in [3.63, 3.8) is 0 Å². The SMILES string of the molecule is CCOC(=O)c1c(NC(=O)COc2ccccc2)sc(C)c1-c1ccccc1. The maximum atomic E-state index is 12.6. The van der Waals surface area contributed by atoms with Gasteiger partial charge in [-0.25, -0.2) is 4.79 Å². The summed E-state index contributed by atoms with van der Waals surface area (Å²) in [6, 6.07) is 18.7. The van der Waals surface area contributed by atoms with Crippen LogP contribution in [-0.4, -0.2) is 25.1 Å². The molecule has 5 nitrogen and oxygen atoms in total. The molecule has 0 saturated carbocycles. The number of amides is 1. The molecule has 1 heterocycles. The summed E-state index contributed by atoms with van der Waals surface area (Å²) >= 11 is 1.35. The van der Waals surface area contributed by atoms with E-state index in [0.29, 0.717) is 16.3 Å². The van der Waals surface area contributed by atoms with Gasteiger partial charge in [-0.1, -0.05) is 48.5 Å². The zero-order valence-electron chi connectivity index (χ0n) is 15.7. The summed E-state index contributed by atoms with van der Waals surface area (Å²) < 4.78 is 10.7. The summed E-state index contributed by atoms with van der Waals surface area (Å²) in [5.41, 5.74) is 2.06. The number of nitrogens with one attached hydrogen (secondary N) is 1. The van der Waals surface area contributed by atoms with Gasteiger partial charge < -0.3 is 14.8 Å². The first-order valence-electron chi connectivity index (χ1n) is 8.93. The van der Waals surface area contributed by atoms with Crippen molar-refractivity contribution in [2.75, 3.05) is 18.5 Å². The number of rotatable bonds is 7. The lowest BCUT2D eigenvalue weighted by Gasteiger charge is -2.10. The van der Waals surface area contributed by atoms with E-state index in [0.717, 1.165) is 16.0 Å². The molecule has 0 atom stereocenters. The van der Waals surface area contributed by atoms with Gasteiger partial charge in [-0.05, 0) is 31.5 Å². The molecule has 0 aliphatic carbocycles. The second-order valence-corrected chi connectivity index (χ2v) is 7.20. The molecule has 3 rings (SSSR count). The quantitative estimate of drug-likeness (QED) is 0.577. The van der Waals surface area contributed by atoms with Crippen molar-refractivity contribution >= 4 is 28.2 Å². The maximum Gasteiger partial charge on any atom is 0.341 e. The number of aryl methyl sites for hydroxylation is 1. The number of thiophene rings is 1. The molecule has 3 aromatic rings. The predicted octanol–water partition coefficient (Wildman–Crippen LogP) is 4.92. The van der Waals surface area contributed by atoms with Gasteiger partial charge in [0.05, 0.1) is 6.61 Å². The van der Waals surface area contributed by atoms with E-state index in [1.165, 1.54) is 11.3 Å². The highest BCUT2D eigenvalue weighted by molar-refractivity contribution is 7.17. The Morgan fingerprint density at radius 1 is 1.00 bits per heavy atom. The molecular weight excluding hydrogens is 374 g/mol. The lowest BCUT2D eigenvalue weighted by molar-refractivity contribution is -0.118. The molecular formula is C22H21NO4S. The Morgan fingerprint density at radius 3 is 2.29 bits per heavy atom. The van der Waals surface area contributed by atoms with Crippen molar-refractivity contribution in [2.24, 2.45) is 0 Å². The van der Waals surface area contributed by atoms with Crippen molar-refractivity contribution in [3.05, 3.63) is 71.1 Å². The Bertz CT molecular complexity index is 951. The Kier molecular flexibility index (Phi) is 6.45. The van der Waals surface area contributed by atoms with Gasteiger partial charge in [-0.3, -0.25) is 4.79 Å². The highest BCUT2D eigenvalue weighted by Gasteiger charge is 2.25. The molecule has 1 amide bonds. The molecule has 0 aliphatic heterocycles. The van der Waals surface area contributed by atoms with Gasteiger partial charge in [0, 0.05) is 10.4 Å². The highest BCUT2D eigenvalue weighted by atomic mass is 32.1. The van der Waals surface area contributed by atoms with E-state index in [2.05, 4.69) is 5.32 Å². The summed E-state index contributed by atoms with van der Waals surface area (Å²) in [7, 11) is 0. The van der Waals surface area contributed by atoms with E-state index in [4.69, 9.17) is 9.47 Å². The first-order valence-corrected chi connectivity index (χ1v) is 9.75. The van der Waals surface area contributed by atoms with Crippen LogP contribution in [0.4, 0.5) is 5.00 Å². The van der Waals surface area contributed by atoms with E-state index in [1.54, 1.807) is 19.1 Å². The van der Waals surface area contributed by atoms with Gasteiger partial charge in [-0.2, -0.15) is 0 Å². The topological polar surface area (TPSA) is 64.6 Å². The van der Waals surface area contributed by atoms with Gasteiger partial charge in [0.2, 0.25) is 0 Å². The van der Waals surface area contributed by atoms with E-state index < -0.39 is 5.97 Å². The number of benzene rings is 2. The monoisotopic (exact) mass is 395 g/mol. The average Bonchev–Trinajstić information content (AvgIpc) is 3.03. The van der Waals surface area contributed by atoms with Gasteiger partial charge in [-0.15, -0.1) is 11.3 Å². The van der Waals surface area contributed by atoms with Crippen LogP contribution >= 0.6 is 11.3 Å². The van der Waals surface area contributed by atoms with E-state index >= 15 is 0 Å². The summed E-state index contributed by atoms with van der Waals surface area (Å²) in [5.74, 6) is -0.184. The second kappa shape index (κ2) is 9.19. The van der Waals surface area contributed by atoms with E-state index in [9.17, 15) is 9.59 Å². The third-order valence-electron chi connectivity index (χ3n) is 3.99. The number of anilines is 1. The zero-order chi connectivity index (χ0) is 19.9. The molecule has 0 unspecified atom stereocenters. The molecule has 0 fully saturated rings. The summed E-state index contributed by atoms with van der Waals surface area (Å²) in [5, 5.41) is 3.27. The molecule has 0 saturated heterocycles. The summed E-state index contributed by atoms with van der Waals surface area (Å²) in [6.45, 7) is 3.79. The van der Waals surface area contributed by atoms with Crippen LogP contribution < -0.4 is 10.1 Å². The molecule has 6 heteroatoms. The van der Waals surface area contributed by atoms with E-state index in [1.807, 2.05) is 55.5 Å². The van der Waals surface area contributed by atoms with Crippen LogP contribution in [0.15, 0.2) is 60.7 Å². The Hall–Kier alpha value is -3.12. The molecule has 2 aromatic carbocycles. The highest BCUT2D eigenvalue weighted by Crippen LogP contribution is 2.40. The van der Waals surface area contributed by atoms with Crippen LogP contribution in [0.2, 0.25) is 0 Å². The van der Waals surface area contributed by atoms with Crippen molar-refractivity contribution < 1.29 is 19.1 Å². The number of hydrogen-bond donors (Lipinski definition) is 1. The molecule has 144 valence electrons. The molecule has 0 radical (unpaired) electrons. The number of esters is 1. The minimum Gasteiger partial charge on any atom is -0.484 e. The van der Waals surface area contributed by atoms with Gasteiger partial charge in [0.15, 0.2) is 6.61 Å². The van der Waals surface area contributed by atoms with Crippen molar-refractivity contribution in [1.82, 2.24) is 0 Å². The molecule has 1 N–H and O–H groups in total. The fraction of sp³-hybridized carbons (Fsp3) is 0.182. The summed E-state index contributed by atoms with van der Waals surface area (Å²) in [6.07, 6.45) is 0. The first-order chi connectivity index (χ1) is 13.6. The maximum absolute atomic E-state index is 12.6. The third kappa shape index (κ3) is 4.58. The number of para-hydroxylation sites is 1. The second-order valence-electron chi connectivity index (χ2n) is 5.97. The minimum absolute atomic E-state index is 0.149. The third-order valence-corrected chi connectivity index (χ3v) is 5.01. The largest absolute Gasteiger partial charge is 0.484 e. The fourth-order valence-corrected chi connectivity index (χ4v) is 3.89. The van der Waals surface area contributed by atoms with Gasteiger partial charge >= 0.3 is 5.97 Å². The van der Waals surface area contributed by atoms with Gasteiger partial charge in [0.1, 0.15) is 16.3 Å². The standard InChI is InChI=1S/C22H21NO4S/c1-3-26-22(25)20-19(16-10-6-4-7-11-16)15(2)28-21(20)23-18(24)14-27-17-12-8-5-9-13-17/h4-13H,3,14H2,1-2H3,(H,23,24). The lowest BCUT2D eigenvalue weighted by Crippen LogP contribution is -2.21. The Labute approximate surface area is 167 Å². The molecule has 0 spiro atoms. The molecule has 0 bridgehead atoms. The number of hydrogen-bond acceptors (Lipinski definition) is 5. The van der Waals surface area contributed by atoms with Crippen LogP contribution in [0.5, 0.6) is 5.75 Å². The zero-order valence-corrected chi connectivity index (χ0v) is 16.5. The normalized spacial score (nSPS) is 10.4. The van der Waals surface area contributed by atoms with Crippen molar-refractivity contribution in [1.29, 1.82) is 0 Å². The molecule has 1 aromatic heterocycles. The minimum atomic E-state index is -0.454. The van der Waals surface area contributed by atoms with E-state index in [-0.39, 0.29) is 19.1 Å². The Morgan fingerprint density at radius 2 is 1.64 bits per heavy atom. The lowest BCUT2D eigenvalue weighted by atomic mass is 10.0.